The van der Waals surface area contributed by atoms with E-state index in [0.29, 0.717) is 22.1 Å². The lowest BCUT2D eigenvalue weighted by Crippen LogP contribution is -1.97. The number of nitrogens with zero attached hydrogens (tertiary/aromatic N) is 1. The zero-order valence-electron chi connectivity index (χ0n) is 9.61. The number of carboxylic acid groups (broad SMARTS) is 1. The van der Waals surface area contributed by atoms with Gasteiger partial charge in [-0.2, -0.15) is 0 Å². The Hall–Kier alpha value is -1.82. The number of benzene rings is 1. The van der Waals surface area contributed by atoms with Gasteiger partial charge in [-0.3, -0.25) is 4.79 Å². The van der Waals surface area contributed by atoms with Crippen molar-refractivity contribution in [2.75, 3.05) is 5.75 Å². The van der Waals surface area contributed by atoms with E-state index in [0.717, 1.165) is 11.8 Å². The molecular formula is C12H11FN2O2S. The van der Waals surface area contributed by atoms with Crippen LogP contribution in [0.2, 0.25) is 0 Å². The number of carbonyl (C=O) groups is 1. The molecule has 0 atom stereocenters. The third kappa shape index (κ3) is 2.70. The summed E-state index contributed by atoms with van der Waals surface area (Å²) < 4.78 is 13.6. The Morgan fingerprint density at radius 2 is 2.22 bits per heavy atom. The largest absolute Gasteiger partial charge is 0.481 e. The smallest absolute Gasteiger partial charge is 0.313 e. The highest BCUT2D eigenvalue weighted by atomic mass is 32.2. The number of H-pyrrole nitrogens is 1. The first kappa shape index (κ1) is 12.6. The first-order chi connectivity index (χ1) is 8.58. The first-order valence-corrected chi connectivity index (χ1v) is 6.22. The van der Waals surface area contributed by atoms with E-state index in [-0.39, 0.29) is 11.6 Å². The summed E-state index contributed by atoms with van der Waals surface area (Å²) in [6.07, 6.45) is 0. The summed E-state index contributed by atoms with van der Waals surface area (Å²) in [5.41, 5.74) is 1.64. The second-order valence-electron chi connectivity index (χ2n) is 3.68. The molecule has 1 heterocycles. The van der Waals surface area contributed by atoms with Crippen LogP contribution in [0, 0.1) is 12.7 Å². The van der Waals surface area contributed by atoms with Crippen LogP contribution in [0.25, 0.3) is 11.3 Å². The molecule has 2 N–H and O–H groups in total. The minimum atomic E-state index is -0.915. The zero-order valence-corrected chi connectivity index (χ0v) is 10.4. The fraction of sp³-hybridized carbons (Fsp3) is 0.167. The molecule has 0 saturated heterocycles. The van der Waals surface area contributed by atoms with Gasteiger partial charge in [0.2, 0.25) is 0 Å². The molecule has 0 unspecified atom stereocenters. The fourth-order valence-electron chi connectivity index (χ4n) is 1.55. The van der Waals surface area contributed by atoms with E-state index in [2.05, 4.69) is 9.97 Å². The van der Waals surface area contributed by atoms with Crippen LogP contribution < -0.4 is 0 Å². The van der Waals surface area contributed by atoms with Crippen LogP contribution in [0.15, 0.2) is 29.4 Å². The predicted octanol–water partition coefficient (Wildman–Crippen LogP) is 2.70. The van der Waals surface area contributed by atoms with Gasteiger partial charge < -0.3 is 10.1 Å². The van der Waals surface area contributed by atoms with Crippen molar-refractivity contribution in [2.24, 2.45) is 0 Å². The minimum absolute atomic E-state index is 0.0797. The molecule has 1 aromatic carbocycles. The average molecular weight is 266 g/mol. The third-order valence-electron chi connectivity index (χ3n) is 2.32. The molecule has 0 amide bonds. The van der Waals surface area contributed by atoms with Gasteiger partial charge in [0.25, 0.3) is 0 Å². The van der Waals surface area contributed by atoms with Crippen LogP contribution in [0.4, 0.5) is 4.39 Å². The molecule has 0 saturated carbocycles. The van der Waals surface area contributed by atoms with Gasteiger partial charge in [0.05, 0.1) is 11.4 Å². The number of hydrogen-bond donors (Lipinski definition) is 2. The second-order valence-corrected chi connectivity index (χ2v) is 4.64. The molecule has 0 aliphatic rings. The number of thioether (sulfide) groups is 1. The van der Waals surface area contributed by atoms with Crippen molar-refractivity contribution >= 4 is 17.7 Å². The summed E-state index contributed by atoms with van der Waals surface area (Å²) in [5.74, 6) is -1.34. The second kappa shape index (κ2) is 5.22. The summed E-state index contributed by atoms with van der Waals surface area (Å²) in [4.78, 5) is 17.6. The summed E-state index contributed by atoms with van der Waals surface area (Å²) >= 11 is 1.08. The van der Waals surface area contributed by atoms with E-state index in [9.17, 15) is 9.18 Å². The van der Waals surface area contributed by atoms with Gasteiger partial charge in [0, 0.05) is 11.3 Å². The van der Waals surface area contributed by atoms with Gasteiger partial charge in [-0.15, -0.1) is 0 Å². The van der Waals surface area contributed by atoms with Crippen molar-refractivity contribution in [3.8, 4) is 11.3 Å². The fourth-order valence-corrected chi connectivity index (χ4v) is 2.19. The maximum absolute atomic E-state index is 13.6. The molecule has 1 aromatic heterocycles. The summed E-state index contributed by atoms with van der Waals surface area (Å²) in [6.45, 7) is 1.78. The van der Waals surface area contributed by atoms with Crippen molar-refractivity contribution in [1.29, 1.82) is 0 Å². The number of aromatic nitrogens is 2. The number of carboxylic acids is 1. The number of nitrogens with one attached hydrogen (secondary N) is 1. The number of hydrogen-bond acceptors (Lipinski definition) is 3. The van der Waals surface area contributed by atoms with E-state index in [4.69, 9.17) is 5.11 Å². The molecule has 18 heavy (non-hydrogen) atoms. The standard InChI is InChI=1S/C12H11FN2O2S/c1-7-11(8-4-2-3-5-9(8)13)15-12(14-7)18-6-10(16)17/h2-5H,6H2,1H3,(H,14,15)(H,16,17). The summed E-state index contributed by atoms with van der Waals surface area (Å²) in [5, 5.41) is 9.07. The molecular weight excluding hydrogens is 255 g/mol. The van der Waals surface area contributed by atoms with Gasteiger partial charge in [0.1, 0.15) is 5.82 Å². The average Bonchev–Trinajstić information content (AvgIpc) is 2.69. The van der Waals surface area contributed by atoms with Gasteiger partial charge in [-0.25, -0.2) is 9.37 Å². The van der Waals surface area contributed by atoms with Crippen LogP contribution >= 0.6 is 11.8 Å². The van der Waals surface area contributed by atoms with Gasteiger partial charge in [0.15, 0.2) is 5.16 Å². The predicted molar refractivity (Wildman–Crippen MR) is 67.1 cm³/mol. The van der Waals surface area contributed by atoms with E-state index >= 15 is 0 Å². The van der Waals surface area contributed by atoms with E-state index in [1.807, 2.05) is 0 Å². The van der Waals surface area contributed by atoms with Crippen LogP contribution in [0.3, 0.4) is 0 Å². The molecule has 0 aliphatic heterocycles. The maximum atomic E-state index is 13.6. The van der Waals surface area contributed by atoms with Crippen LogP contribution in [0.5, 0.6) is 0 Å². The Morgan fingerprint density at radius 1 is 1.50 bits per heavy atom. The molecule has 0 fully saturated rings. The van der Waals surface area contributed by atoms with Crippen molar-refractivity contribution in [1.82, 2.24) is 9.97 Å². The monoisotopic (exact) mass is 266 g/mol. The third-order valence-corrected chi connectivity index (χ3v) is 3.18. The molecule has 0 aliphatic carbocycles. The maximum Gasteiger partial charge on any atom is 0.313 e. The highest BCUT2D eigenvalue weighted by Crippen LogP contribution is 2.26. The lowest BCUT2D eigenvalue weighted by atomic mass is 10.1. The van der Waals surface area contributed by atoms with Crippen molar-refractivity contribution in [3.05, 3.63) is 35.8 Å². The lowest BCUT2D eigenvalue weighted by molar-refractivity contribution is -0.133. The van der Waals surface area contributed by atoms with Crippen LogP contribution in [0.1, 0.15) is 5.69 Å². The van der Waals surface area contributed by atoms with E-state index < -0.39 is 5.97 Å². The first-order valence-electron chi connectivity index (χ1n) is 5.24. The molecule has 0 bridgehead atoms. The Bertz CT molecular complexity index is 583. The number of aryl methyl sites for hydroxylation is 1. The van der Waals surface area contributed by atoms with E-state index in [1.165, 1.54) is 6.07 Å². The van der Waals surface area contributed by atoms with Gasteiger partial charge >= 0.3 is 5.97 Å². The minimum Gasteiger partial charge on any atom is -0.481 e. The zero-order chi connectivity index (χ0) is 13.1. The molecule has 6 heteroatoms. The Kier molecular flexibility index (Phi) is 3.66. The highest BCUT2D eigenvalue weighted by Gasteiger charge is 2.13. The molecule has 94 valence electrons. The number of aliphatic carboxylic acids is 1. The summed E-state index contributed by atoms with van der Waals surface area (Å²) in [6, 6.07) is 6.36. The van der Waals surface area contributed by atoms with Crippen molar-refractivity contribution < 1.29 is 14.3 Å². The van der Waals surface area contributed by atoms with Crippen LogP contribution in [-0.4, -0.2) is 26.8 Å². The van der Waals surface area contributed by atoms with Crippen molar-refractivity contribution in [3.63, 3.8) is 0 Å². The molecule has 2 rings (SSSR count). The SMILES string of the molecule is Cc1[nH]c(SCC(=O)O)nc1-c1ccccc1F. The Morgan fingerprint density at radius 3 is 2.89 bits per heavy atom. The molecule has 4 nitrogen and oxygen atoms in total. The molecule has 0 radical (unpaired) electrons. The van der Waals surface area contributed by atoms with E-state index in [1.54, 1.807) is 25.1 Å². The normalized spacial score (nSPS) is 10.6. The quantitative estimate of drug-likeness (QED) is 0.835. The van der Waals surface area contributed by atoms with Gasteiger partial charge in [-0.05, 0) is 19.1 Å². The molecule has 2 aromatic rings. The number of halogens is 1. The Balaban J connectivity index is 2.30. The van der Waals surface area contributed by atoms with Crippen LogP contribution in [-0.2, 0) is 4.79 Å². The van der Waals surface area contributed by atoms with Gasteiger partial charge in [-0.1, -0.05) is 23.9 Å². The molecule has 0 spiro atoms. The number of aromatic amines is 1. The summed E-state index contributed by atoms with van der Waals surface area (Å²) in [7, 11) is 0. The highest BCUT2D eigenvalue weighted by molar-refractivity contribution is 7.99. The Labute approximate surface area is 107 Å². The lowest BCUT2D eigenvalue weighted by Gasteiger charge is -1.99. The van der Waals surface area contributed by atoms with Crippen molar-refractivity contribution in [2.45, 2.75) is 12.1 Å². The number of rotatable bonds is 4. The number of imidazole rings is 1. The topological polar surface area (TPSA) is 66.0 Å².